The van der Waals surface area contributed by atoms with Gasteiger partial charge in [-0.25, -0.2) is 4.98 Å². The monoisotopic (exact) mass is 552 g/mol. The Kier molecular flexibility index (Phi) is 6.21. The van der Waals surface area contributed by atoms with Crippen molar-refractivity contribution in [1.82, 2.24) is 9.97 Å². The van der Waals surface area contributed by atoms with Gasteiger partial charge in [-0.1, -0.05) is 38.6 Å². The Morgan fingerprint density at radius 3 is 2.82 bits per heavy atom. The summed E-state index contributed by atoms with van der Waals surface area (Å²) in [6.45, 7) is 10.5. The fourth-order valence-electron chi connectivity index (χ4n) is 8.89. The zero-order chi connectivity index (χ0) is 26.9. The number of ether oxygens (including phenoxy) is 1. The van der Waals surface area contributed by atoms with E-state index >= 15 is 0 Å². The lowest BCUT2D eigenvalue weighted by atomic mass is 9.33. The molecule has 0 aliphatic heterocycles. The van der Waals surface area contributed by atoms with E-state index in [4.69, 9.17) is 4.74 Å². The number of aromatic nitrogens is 2. The second-order valence-electron chi connectivity index (χ2n) is 12.5. The highest BCUT2D eigenvalue weighted by Crippen LogP contribution is 2.77. The molecule has 4 saturated carbocycles. The summed E-state index contributed by atoms with van der Waals surface area (Å²) in [6.07, 6.45) is 9.26. The second kappa shape index (κ2) is 9.00. The van der Waals surface area contributed by atoms with Crippen molar-refractivity contribution in [3.63, 3.8) is 0 Å². The standard InChI is InChI=1S/C30H36N2O4S2/c1-5-27(3)17-30(36-23(34)16-38-26-32-21(15-37-26)19-8-12-31-13-9-19)14-20-6-10-29(18(2)25(27)35)11-7-22(33)24(29)28(20,30)4/h5,8-9,12-13,15,18,20,24-25,35H,1,6-7,10-11,14,16-17H2,2-4H3/t18-,20-,24-,25-,27+,28+,29-,30+/m0/s1. The molecule has 0 aromatic carbocycles. The van der Waals surface area contributed by atoms with Gasteiger partial charge in [0.2, 0.25) is 0 Å². The lowest BCUT2D eigenvalue weighted by Crippen LogP contribution is -2.75. The maximum atomic E-state index is 13.5. The van der Waals surface area contributed by atoms with Crippen molar-refractivity contribution in [2.45, 2.75) is 75.3 Å². The summed E-state index contributed by atoms with van der Waals surface area (Å²) in [4.78, 5) is 35.7. The number of rotatable bonds is 6. The normalized spacial score (nSPS) is 41.4. The average molecular weight is 553 g/mol. The van der Waals surface area contributed by atoms with Gasteiger partial charge >= 0.3 is 5.97 Å². The summed E-state index contributed by atoms with van der Waals surface area (Å²) in [5, 5.41) is 13.7. The minimum Gasteiger partial charge on any atom is -0.458 e. The van der Waals surface area contributed by atoms with Crippen molar-refractivity contribution in [1.29, 1.82) is 0 Å². The first-order valence-electron chi connectivity index (χ1n) is 13.6. The van der Waals surface area contributed by atoms with Gasteiger partial charge in [-0.15, -0.1) is 17.9 Å². The smallest absolute Gasteiger partial charge is 0.316 e. The molecule has 38 heavy (non-hydrogen) atoms. The molecule has 4 aliphatic rings. The number of aliphatic hydroxyl groups excluding tert-OH is 1. The summed E-state index contributed by atoms with van der Waals surface area (Å²) in [7, 11) is 0. The minimum absolute atomic E-state index is 0.0240. The van der Waals surface area contributed by atoms with Crippen LogP contribution in [-0.4, -0.2) is 44.3 Å². The van der Waals surface area contributed by atoms with Gasteiger partial charge in [-0.2, -0.15) is 0 Å². The first kappa shape index (κ1) is 26.2. The first-order chi connectivity index (χ1) is 18.1. The van der Waals surface area contributed by atoms with Crippen LogP contribution in [0, 0.1) is 34.0 Å². The van der Waals surface area contributed by atoms with Crippen LogP contribution in [0.4, 0.5) is 0 Å². The molecule has 6 rings (SSSR count). The predicted octanol–water partition coefficient (Wildman–Crippen LogP) is 5.96. The number of carbonyl (C=O) groups is 2. The average Bonchev–Trinajstić information content (AvgIpc) is 3.53. The van der Waals surface area contributed by atoms with Gasteiger partial charge in [-0.3, -0.25) is 14.6 Å². The number of pyridine rings is 1. The summed E-state index contributed by atoms with van der Waals surface area (Å²) >= 11 is 2.90. The second-order valence-corrected chi connectivity index (χ2v) is 14.5. The van der Waals surface area contributed by atoms with Crippen LogP contribution in [0.1, 0.15) is 59.3 Å². The van der Waals surface area contributed by atoms with E-state index in [0.717, 1.165) is 41.3 Å². The summed E-state index contributed by atoms with van der Waals surface area (Å²) < 4.78 is 7.32. The maximum Gasteiger partial charge on any atom is 0.316 e. The molecule has 2 aromatic heterocycles. The van der Waals surface area contributed by atoms with E-state index in [2.05, 4.69) is 30.4 Å². The number of Topliss-reactive ketones (excluding diaryl/α,β-unsaturated/α-hetero) is 1. The Bertz CT molecular complexity index is 1280. The molecule has 4 aliphatic carbocycles. The van der Waals surface area contributed by atoms with Crippen LogP contribution < -0.4 is 0 Å². The molecular weight excluding hydrogens is 516 g/mol. The molecule has 8 atom stereocenters. The van der Waals surface area contributed by atoms with Crippen molar-refractivity contribution in [2.75, 3.05) is 5.75 Å². The molecule has 0 spiro atoms. The molecule has 202 valence electrons. The van der Waals surface area contributed by atoms with E-state index in [1.165, 1.54) is 23.1 Å². The summed E-state index contributed by atoms with van der Waals surface area (Å²) in [5.74, 6) is 0.305. The molecule has 0 amide bonds. The predicted molar refractivity (Wildman–Crippen MR) is 149 cm³/mol. The van der Waals surface area contributed by atoms with E-state index in [0.29, 0.717) is 24.5 Å². The van der Waals surface area contributed by atoms with Crippen LogP contribution in [0.5, 0.6) is 0 Å². The molecule has 6 nitrogen and oxygen atoms in total. The molecule has 4 fully saturated rings. The van der Waals surface area contributed by atoms with Crippen molar-refractivity contribution in [2.24, 2.45) is 34.0 Å². The Hall–Kier alpha value is -2.03. The van der Waals surface area contributed by atoms with Gasteiger partial charge in [0, 0.05) is 46.5 Å². The quantitative estimate of drug-likeness (QED) is 0.269. The lowest BCUT2D eigenvalue weighted by Gasteiger charge is -2.73. The molecule has 2 aromatic rings. The Balaban J connectivity index is 1.28. The van der Waals surface area contributed by atoms with Crippen LogP contribution in [0.25, 0.3) is 11.3 Å². The number of esters is 1. The largest absolute Gasteiger partial charge is 0.458 e. The number of hydrogen-bond acceptors (Lipinski definition) is 8. The molecule has 8 heteroatoms. The molecule has 0 unspecified atom stereocenters. The topological polar surface area (TPSA) is 89.4 Å². The Morgan fingerprint density at radius 2 is 2.08 bits per heavy atom. The molecule has 0 radical (unpaired) electrons. The van der Waals surface area contributed by atoms with Crippen LogP contribution in [0.2, 0.25) is 0 Å². The SMILES string of the molecule is C=C[C@]1(C)C[C@]2(OC(=O)CSc3nc(-c4ccncc4)cs3)C[C@@H]3CC[C@]4(CCC(=O)[C@H]4[C@@]32C)[C@@H](C)[C@@H]1O. The van der Waals surface area contributed by atoms with Gasteiger partial charge in [0.25, 0.3) is 0 Å². The third-order valence-corrected chi connectivity index (χ3v) is 13.0. The van der Waals surface area contributed by atoms with E-state index < -0.39 is 22.5 Å². The zero-order valence-electron chi connectivity index (χ0n) is 22.3. The Morgan fingerprint density at radius 1 is 1.32 bits per heavy atom. The lowest BCUT2D eigenvalue weighted by molar-refractivity contribution is -0.303. The minimum atomic E-state index is -0.791. The number of thioether (sulfide) groups is 1. The van der Waals surface area contributed by atoms with Crippen LogP contribution in [0.15, 0.2) is 46.9 Å². The van der Waals surface area contributed by atoms with Gasteiger partial charge < -0.3 is 9.84 Å². The molecule has 0 saturated heterocycles. The summed E-state index contributed by atoms with van der Waals surface area (Å²) in [6, 6.07) is 3.83. The molecule has 2 bridgehead atoms. The molecule has 2 heterocycles. The number of hydrogen-bond donors (Lipinski definition) is 1. The van der Waals surface area contributed by atoms with Gasteiger partial charge in [0.05, 0.1) is 17.6 Å². The van der Waals surface area contributed by atoms with Gasteiger partial charge in [-0.05, 0) is 61.5 Å². The highest BCUT2D eigenvalue weighted by molar-refractivity contribution is 8.01. The van der Waals surface area contributed by atoms with E-state index in [1.807, 2.05) is 30.5 Å². The van der Waals surface area contributed by atoms with E-state index in [-0.39, 0.29) is 29.0 Å². The fraction of sp³-hybridized carbons (Fsp3) is 0.600. The number of ketones is 1. The Labute approximate surface area is 232 Å². The van der Waals surface area contributed by atoms with Crippen LogP contribution in [-0.2, 0) is 14.3 Å². The number of thiazole rings is 1. The van der Waals surface area contributed by atoms with E-state index in [1.54, 1.807) is 12.4 Å². The zero-order valence-corrected chi connectivity index (χ0v) is 23.9. The third-order valence-electron chi connectivity index (χ3n) is 11.0. The van der Waals surface area contributed by atoms with Gasteiger partial charge in [0.15, 0.2) is 4.34 Å². The van der Waals surface area contributed by atoms with Crippen molar-refractivity contribution in [3.05, 3.63) is 42.6 Å². The van der Waals surface area contributed by atoms with Crippen molar-refractivity contribution < 1.29 is 19.4 Å². The fourth-order valence-corrected chi connectivity index (χ4v) is 10.5. The number of aliphatic hydroxyl groups is 1. The van der Waals surface area contributed by atoms with Crippen molar-refractivity contribution in [3.8, 4) is 11.3 Å². The maximum absolute atomic E-state index is 13.5. The highest BCUT2D eigenvalue weighted by atomic mass is 32.2. The molecule has 1 N–H and O–H groups in total. The third kappa shape index (κ3) is 3.55. The number of carbonyl (C=O) groups excluding carboxylic acids is 2. The molecular formula is C30H36N2O4S2. The van der Waals surface area contributed by atoms with E-state index in [9.17, 15) is 14.7 Å². The number of nitrogens with zero attached hydrogens (tertiary/aromatic N) is 2. The highest BCUT2D eigenvalue weighted by Gasteiger charge is 2.78. The van der Waals surface area contributed by atoms with Crippen LogP contribution >= 0.6 is 23.1 Å². The van der Waals surface area contributed by atoms with Gasteiger partial charge in [0.1, 0.15) is 11.4 Å². The first-order valence-corrected chi connectivity index (χ1v) is 15.5. The van der Waals surface area contributed by atoms with Crippen LogP contribution in [0.3, 0.4) is 0 Å². The van der Waals surface area contributed by atoms with Crippen molar-refractivity contribution >= 4 is 34.9 Å². The summed E-state index contributed by atoms with van der Waals surface area (Å²) in [5.41, 5.74) is -0.220.